The van der Waals surface area contributed by atoms with Crippen LogP contribution in [0.15, 0.2) is 30.5 Å². The quantitative estimate of drug-likeness (QED) is 0.878. The van der Waals surface area contributed by atoms with E-state index in [0.29, 0.717) is 0 Å². The number of carbonyl (C=O) groups is 1. The largest absolute Gasteiger partial charge is 0.481 e. The van der Waals surface area contributed by atoms with Gasteiger partial charge >= 0.3 is 5.97 Å². The van der Waals surface area contributed by atoms with Crippen molar-refractivity contribution in [3.05, 3.63) is 47.5 Å². The van der Waals surface area contributed by atoms with E-state index in [1.807, 2.05) is 48.9 Å². The van der Waals surface area contributed by atoms with Gasteiger partial charge in [0.15, 0.2) is 0 Å². The van der Waals surface area contributed by atoms with E-state index in [0.717, 1.165) is 22.8 Å². The summed E-state index contributed by atoms with van der Waals surface area (Å²) in [6.07, 6.45) is 2.02. The Morgan fingerprint density at radius 2 is 1.94 bits per heavy atom. The average Bonchev–Trinajstić information content (AvgIpc) is 2.58. The zero-order valence-electron chi connectivity index (χ0n) is 9.84. The number of aromatic nitrogens is 2. The highest BCUT2D eigenvalue weighted by Crippen LogP contribution is 2.13. The number of carboxylic acid groups (broad SMARTS) is 1. The highest BCUT2D eigenvalue weighted by Gasteiger charge is 2.04. The van der Waals surface area contributed by atoms with Crippen LogP contribution in [-0.4, -0.2) is 20.6 Å². The van der Waals surface area contributed by atoms with Crippen molar-refractivity contribution in [2.45, 2.75) is 20.3 Å². The van der Waals surface area contributed by atoms with Crippen LogP contribution in [0.3, 0.4) is 0 Å². The fourth-order valence-corrected chi connectivity index (χ4v) is 1.83. The van der Waals surface area contributed by atoms with Crippen molar-refractivity contribution in [1.29, 1.82) is 0 Å². The van der Waals surface area contributed by atoms with Crippen LogP contribution >= 0.6 is 0 Å². The molecule has 0 saturated heterocycles. The summed E-state index contributed by atoms with van der Waals surface area (Å²) in [4.78, 5) is 14.9. The lowest BCUT2D eigenvalue weighted by Crippen LogP contribution is -2.01. The van der Waals surface area contributed by atoms with E-state index in [-0.39, 0.29) is 6.42 Å². The van der Waals surface area contributed by atoms with Gasteiger partial charge in [-0.3, -0.25) is 4.79 Å². The molecule has 0 atom stereocenters. The van der Waals surface area contributed by atoms with Crippen molar-refractivity contribution in [1.82, 2.24) is 9.55 Å². The van der Waals surface area contributed by atoms with Gasteiger partial charge in [-0.05, 0) is 31.5 Å². The number of hydrogen-bond donors (Lipinski definition) is 1. The summed E-state index contributed by atoms with van der Waals surface area (Å²) in [6.45, 7) is 3.89. The third-order valence-corrected chi connectivity index (χ3v) is 2.57. The Hall–Kier alpha value is -2.10. The molecule has 1 aromatic heterocycles. The standard InChI is InChI=1S/C13H14N2O2/c1-9-8-15(10(2)14-9)12-5-3-11(4-6-12)7-13(16)17/h3-6,8H,7H2,1-2H3,(H,16,17). The molecule has 17 heavy (non-hydrogen) atoms. The van der Waals surface area contributed by atoms with E-state index in [4.69, 9.17) is 5.11 Å². The first-order valence-electron chi connectivity index (χ1n) is 5.40. The lowest BCUT2D eigenvalue weighted by atomic mass is 10.1. The Labute approximate surface area is 99.5 Å². The first-order valence-corrected chi connectivity index (χ1v) is 5.40. The Balaban J connectivity index is 2.29. The molecular formula is C13H14N2O2. The van der Waals surface area contributed by atoms with Crippen molar-refractivity contribution in [3.63, 3.8) is 0 Å². The molecule has 1 N–H and O–H groups in total. The fourth-order valence-electron chi connectivity index (χ4n) is 1.83. The van der Waals surface area contributed by atoms with Gasteiger partial charge in [-0.25, -0.2) is 4.98 Å². The normalized spacial score (nSPS) is 10.5. The van der Waals surface area contributed by atoms with Gasteiger partial charge in [-0.2, -0.15) is 0 Å². The number of aryl methyl sites for hydroxylation is 2. The number of nitrogens with zero attached hydrogens (tertiary/aromatic N) is 2. The lowest BCUT2D eigenvalue weighted by molar-refractivity contribution is -0.136. The van der Waals surface area contributed by atoms with Crippen LogP contribution in [0.1, 0.15) is 17.1 Å². The summed E-state index contributed by atoms with van der Waals surface area (Å²) in [5.74, 6) is 0.112. The summed E-state index contributed by atoms with van der Waals surface area (Å²) in [5.41, 5.74) is 2.77. The van der Waals surface area contributed by atoms with Crippen molar-refractivity contribution in [2.75, 3.05) is 0 Å². The maximum atomic E-state index is 10.6. The molecule has 1 aromatic carbocycles. The highest BCUT2D eigenvalue weighted by atomic mass is 16.4. The van der Waals surface area contributed by atoms with Gasteiger partial charge in [-0.15, -0.1) is 0 Å². The second kappa shape index (κ2) is 4.41. The van der Waals surface area contributed by atoms with Gasteiger partial charge in [0.2, 0.25) is 0 Å². The number of rotatable bonds is 3. The number of aliphatic carboxylic acids is 1. The minimum atomic E-state index is -0.813. The topological polar surface area (TPSA) is 55.1 Å². The predicted octanol–water partition coefficient (Wildman–Crippen LogP) is 2.12. The molecular weight excluding hydrogens is 216 g/mol. The van der Waals surface area contributed by atoms with E-state index in [1.165, 1.54) is 0 Å². The molecule has 0 aliphatic carbocycles. The Morgan fingerprint density at radius 3 is 2.41 bits per heavy atom. The van der Waals surface area contributed by atoms with E-state index in [1.54, 1.807) is 0 Å². The van der Waals surface area contributed by atoms with Gasteiger partial charge in [-0.1, -0.05) is 12.1 Å². The summed E-state index contributed by atoms with van der Waals surface area (Å²) < 4.78 is 1.99. The molecule has 4 nitrogen and oxygen atoms in total. The summed E-state index contributed by atoms with van der Waals surface area (Å²) in [5, 5.41) is 8.69. The summed E-state index contributed by atoms with van der Waals surface area (Å²) in [6, 6.07) is 7.48. The predicted molar refractivity (Wildman–Crippen MR) is 64.4 cm³/mol. The zero-order valence-corrected chi connectivity index (χ0v) is 9.84. The second-order valence-corrected chi connectivity index (χ2v) is 4.04. The first kappa shape index (κ1) is 11.4. The molecule has 4 heteroatoms. The Morgan fingerprint density at radius 1 is 1.29 bits per heavy atom. The zero-order chi connectivity index (χ0) is 12.4. The third kappa shape index (κ3) is 2.53. The van der Waals surface area contributed by atoms with Crippen molar-refractivity contribution >= 4 is 5.97 Å². The number of hydrogen-bond acceptors (Lipinski definition) is 2. The molecule has 0 saturated carbocycles. The smallest absolute Gasteiger partial charge is 0.307 e. The molecule has 0 amide bonds. The molecule has 0 aliphatic heterocycles. The van der Waals surface area contributed by atoms with Crippen molar-refractivity contribution < 1.29 is 9.90 Å². The Bertz CT molecular complexity index is 541. The van der Waals surface area contributed by atoms with Gasteiger partial charge < -0.3 is 9.67 Å². The molecule has 1 heterocycles. The summed E-state index contributed by atoms with van der Waals surface area (Å²) in [7, 11) is 0. The molecule has 0 fully saturated rings. The maximum absolute atomic E-state index is 10.6. The van der Waals surface area contributed by atoms with E-state index in [9.17, 15) is 4.79 Å². The van der Waals surface area contributed by atoms with Crippen LogP contribution in [0.5, 0.6) is 0 Å². The molecule has 0 unspecified atom stereocenters. The van der Waals surface area contributed by atoms with Gasteiger partial charge in [0, 0.05) is 11.9 Å². The third-order valence-electron chi connectivity index (χ3n) is 2.57. The number of carboxylic acids is 1. The first-order chi connectivity index (χ1) is 8.06. The van der Waals surface area contributed by atoms with Gasteiger partial charge in [0.05, 0.1) is 12.1 Å². The molecule has 2 aromatic rings. The van der Waals surface area contributed by atoms with Crippen LogP contribution < -0.4 is 0 Å². The van der Waals surface area contributed by atoms with Crippen LogP contribution in [0, 0.1) is 13.8 Å². The van der Waals surface area contributed by atoms with Crippen molar-refractivity contribution in [3.8, 4) is 5.69 Å². The van der Waals surface area contributed by atoms with E-state index < -0.39 is 5.97 Å². The minimum Gasteiger partial charge on any atom is -0.481 e. The number of imidazole rings is 1. The molecule has 88 valence electrons. The van der Waals surface area contributed by atoms with Crippen molar-refractivity contribution in [2.24, 2.45) is 0 Å². The van der Waals surface area contributed by atoms with E-state index in [2.05, 4.69) is 4.98 Å². The molecule has 0 aliphatic rings. The van der Waals surface area contributed by atoms with Crippen LogP contribution in [-0.2, 0) is 11.2 Å². The molecule has 0 bridgehead atoms. The van der Waals surface area contributed by atoms with E-state index >= 15 is 0 Å². The summed E-state index contributed by atoms with van der Waals surface area (Å²) >= 11 is 0. The lowest BCUT2D eigenvalue weighted by Gasteiger charge is -2.05. The van der Waals surface area contributed by atoms with Gasteiger partial charge in [0.25, 0.3) is 0 Å². The second-order valence-electron chi connectivity index (χ2n) is 4.04. The fraction of sp³-hybridized carbons (Fsp3) is 0.231. The average molecular weight is 230 g/mol. The monoisotopic (exact) mass is 230 g/mol. The van der Waals surface area contributed by atoms with Gasteiger partial charge in [0.1, 0.15) is 5.82 Å². The van der Waals surface area contributed by atoms with Crippen LogP contribution in [0.25, 0.3) is 5.69 Å². The molecule has 0 spiro atoms. The van der Waals surface area contributed by atoms with Crippen LogP contribution in [0.4, 0.5) is 0 Å². The van der Waals surface area contributed by atoms with Crippen LogP contribution in [0.2, 0.25) is 0 Å². The number of benzene rings is 1. The molecule has 0 radical (unpaired) electrons. The Kier molecular flexibility index (Phi) is 2.95. The molecule has 2 rings (SSSR count). The SMILES string of the molecule is Cc1cn(-c2ccc(CC(=O)O)cc2)c(C)n1. The maximum Gasteiger partial charge on any atom is 0.307 e. The minimum absolute atomic E-state index is 0.0578. The highest BCUT2D eigenvalue weighted by molar-refractivity contribution is 5.70.